The van der Waals surface area contributed by atoms with E-state index in [0.29, 0.717) is 89.4 Å². The molecule has 8 bridgehead atoms. The molecule has 0 atom stereocenters. The standard InChI is InChI=1S/C48H32N4O8/c53-45(54)29-9-1-25(2-10-29)41-33-17-19-35(49-33)42(26-3-11-30(12-4-26)46(55)56)37-21-23-39(51-37)44(28-7-15-32(16-8-28)48(59)60)40-24-22-38(52-40)43(36-20-18-34(41)50-36)27-5-13-31(14-6-27)47(57)58/h1-24,45,49,52-54H,(H,55,56)(H,57,58)(H,59,60). The second kappa shape index (κ2) is 15.0. The molecule has 0 amide bonds. The summed E-state index contributed by atoms with van der Waals surface area (Å²) in [5.41, 5.74) is 11.2. The van der Waals surface area contributed by atoms with Crippen molar-refractivity contribution in [1.82, 2.24) is 19.9 Å². The Kier molecular flexibility index (Phi) is 9.32. The SMILES string of the molecule is O=C(O)c1ccc(-c2c3nc(c(-c4ccc(C(=O)O)cc4)c4ccc([nH]4)c(-c4ccc(C(O)O)cc4)c4nc(c(-c5ccc(C(=O)O)cc5)c5ccc2[nH]5)C=C4)C=C3)cc1. The molecule has 60 heavy (non-hydrogen) atoms. The summed E-state index contributed by atoms with van der Waals surface area (Å²) < 4.78 is 0. The van der Waals surface area contributed by atoms with Gasteiger partial charge in [0, 0.05) is 49.9 Å². The number of aliphatic hydroxyl groups excluding tert-OH is 1. The number of carboxylic acids is 3. The van der Waals surface area contributed by atoms with Crippen LogP contribution in [0, 0.1) is 0 Å². The second-order valence-corrected chi connectivity index (χ2v) is 14.1. The monoisotopic (exact) mass is 792 g/mol. The number of H-pyrrole nitrogens is 2. The lowest BCUT2D eigenvalue weighted by atomic mass is 10.0. The van der Waals surface area contributed by atoms with E-state index in [0.717, 1.165) is 5.56 Å². The van der Waals surface area contributed by atoms with Crippen LogP contribution in [0.25, 0.3) is 90.9 Å². The number of carbonyl (C=O) groups is 3. The van der Waals surface area contributed by atoms with E-state index in [4.69, 9.17) is 9.97 Å². The van der Waals surface area contributed by atoms with E-state index < -0.39 is 24.2 Å². The first-order valence-electron chi connectivity index (χ1n) is 18.7. The fourth-order valence-electron chi connectivity index (χ4n) is 7.58. The topological polar surface area (TPSA) is 210 Å². The predicted octanol–water partition coefficient (Wildman–Crippen LogP) is 9.40. The van der Waals surface area contributed by atoms with Crippen molar-refractivity contribution in [3.05, 3.63) is 166 Å². The Bertz CT molecular complexity index is 3070. The number of aromatic amines is 2. The second-order valence-electron chi connectivity index (χ2n) is 14.1. The van der Waals surface area contributed by atoms with Gasteiger partial charge in [0.2, 0.25) is 0 Å². The molecular formula is C48H32N4O8. The molecule has 0 spiro atoms. The van der Waals surface area contributed by atoms with E-state index in [2.05, 4.69) is 9.97 Å². The largest absolute Gasteiger partial charge is 0.478 e. The molecule has 292 valence electrons. The van der Waals surface area contributed by atoms with Gasteiger partial charge < -0.3 is 35.5 Å². The van der Waals surface area contributed by atoms with Crippen LogP contribution in [-0.2, 0) is 0 Å². The zero-order valence-electron chi connectivity index (χ0n) is 31.3. The fourth-order valence-corrected chi connectivity index (χ4v) is 7.58. The Morgan fingerprint density at radius 1 is 0.383 bits per heavy atom. The van der Waals surface area contributed by atoms with E-state index in [1.807, 2.05) is 48.6 Å². The lowest BCUT2D eigenvalue weighted by Gasteiger charge is -2.08. The first-order chi connectivity index (χ1) is 29.0. The lowest BCUT2D eigenvalue weighted by Crippen LogP contribution is -1.96. The Hall–Kier alpha value is -8.19. The number of carboxylic acid groups (broad SMARTS) is 3. The molecular weight excluding hydrogens is 761 g/mol. The molecule has 7 N–H and O–H groups in total. The minimum atomic E-state index is -1.66. The molecule has 7 aromatic rings. The predicted molar refractivity (Wildman–Crippen MR) is 229 cm³/mol. The third-order valence-corrected chi connectivity index (χ3v) is 10.5. The Morgan fingerprint density at radius 2 is 0.633 bits per heavy atom. The Balaban J connectivity index is 1.43. The number of aliphatic hydroxyl groups is 2. The van der Waals surface area contributed by atoms with Crippen LogP contribution in [0.5, 0.6) is 0 Å². The fraction of sp³-hybridized carbons (Fsp3) is 0.0208. The van der Waals surface area contributed by atoms with Gasteiger partial charge >= 0.3 is 17.9 Å². The highest BCUT2D eigenvalue weighted by atomic mass is 16.5. The molecule has 0 aliphatic carbocycles. The first kappa shape index (κ1) is 37.4. The van der Waals surface area contributed by atoms with Crippen LogP contribution in [0.1, 0.15) is 65.7 Å². The quantitative estimate of drug-likeness (QED) is 0.0725. The molecule has 0 saturated heterocycles. The highest BCUT2D eigenvalue weighted by Gasteiger charge is 2.20. The number of nitrogens with one attached hydrogen (secondary N) is 2. The van der Waals surface area contributed by atoms with Crippen molar-refractivity contribution < 1.29 is 39.9 Å². The summed E-state index contributed by atoms with van der Waals surface area (Å²) in [6.07, 6.45) is 5.85. The van der Waals surface area contributed by atoms with Crippen molar-refractivity contribution in [2.45, 2.75) is 6.29 Å². The molecule has 2 aliphatic rings. The zero-order chi connectivity index (χ0) is 41.7. The number of aromatic carboxylic acids is 3. The molecule has 12 nitrogen and oxygen atoms in total. The van der Waals surface area contributed by atoms with Crippen molar-refractivity contribution >= 4 is 64.3 Å². The molecule has 3 aromatic heterocycles. The summed E-state index contributed by atoms with van der Waals surface area (Å²) >= 11 is 0. The number of hydrogen-bond acceptors (Lipinski definition) is 7. The van der Waals surface area contributed by atoms with Gasteiger partial charge in [-0.25, -0.2) is 24.4 Å². The number of rotatable bonds is 8. The molecule has 5 heterocycles. The van der Waals surface area contributed by atoms with Crippen LogP contribution < -0.4 is 0 Å². The Morgan fingerprint density at radius 3 is 0.867 bits per heavy atom. The van der Waals surface area contributed by atoms with Crippen LogP contribution in [0.2, 0.25) is 0 Å². The van der Waals surface area contributed by atoms with Crippen molar-refractivity contribution in [2.24, 2.45) is 0 Å². The maximum atomic E-state index is 11.8. The van der Waals surface area contributed by atoms with E-state index >= 15 is 0 Å². The molecule has 4 aromatic carbocycles. The highest BCUT2D eigenvalue weighted by Crippen LogP contribution is 2.39. The summed E-state index contributed by atoms with van der Waals surface area (Å²) in [7, 11) is 0. The summed E-state index contributed by atoms with van der Waals surface area (Å²) in [5.74, 6) is -3.18. The van der Waals surface area contributed by atoms with Gasteiger partial charge in [0.1, 0.15) is 0 Å². The van der Waals surface area contributed by atoms with Crippen molar-refractivity contribution in [1.29, 1.82) is 0 Å². The number of aromatic nitrogens is 4. The van der Waals surface area contributed by atoms with Gasteiger partial charge in [0.15, 0.2) is 6.29 Å². The van der Waals surface area contributed by atoms with Gasteiger partial charge in [0.05, 0.1) is 39.5 Å². The lowest BCUT2D eigenvalue weighted by molar-refractivity contribution is -0.0424. The average Bonchev–Trinajstić information content (AvgIpc) is 4.10. The van der Waals surface area contributed by atoms with Crippen LogP contribution in [0.15, 0.2) is 121 Å². The summed E-state index contributed by atoms with van der Waals surface area (Å²) in [6, 6.07) is 34.0. The van der Waals surface area contributed by atoms with Gasteiger partial charge in [-0.05, 0) is 107 Å². The maximum absolute atomic E-state index is 11.8. The molecule has 0 radical (unpaired) electrons. The zero-order valence-corrected chi connectivity index (χ0v) is 31.3. The van der Waals surface area contributed by atoms with Crippen molar-refractivity contribution in [2.75, 3.05) is 0 Å². The van der Waals surface area contributed by atoms with Crippen molar-refractivity contribution in [3.8, 4) is 44.5 Å². The van der Waals surface area contributed by atoms with E-state index in [1.54, 1.807) is 60.7 Å². The molecule has 0 fully saturated rings. The van der Waals surface area contributed by atoms with Gasteiger partial charge in [0.25, 0.3) is 0 Å². The van der Waals surface area contributed by atoms with Gasteiger partial charge in [-0.3, -0.25) is 0 Å². The number of hydrogen-bond donors (Lipinski definition) is 7. The van der Waals surface area contributed by atoms with Gasteiger partial charge in [-0.2, -0.15) is 0 Å². The normalized spacial score (nSPS) is 11.9. The van der Waals surface area contributed by atoms with Gasteiger partial charge in [-0.15, -0.1) is 0 Å². The number of benzene rings is 4. The van der Waals surface area contributed by atoms with Crippen LogP contribution in [0.3, 0.4) is 0 Å². The third-order valence-electron chi connectivity index (χ3n) is 10.5. The van der Waals surface area contributed by atoms with E-state index in [-0.39, 0.29) is 16.7 Å². The smallest absolute Gasteiger partial charge is 0.335 e. The molecule has 2 aliphatic heterocycles. The molecule has 0 saturated carbocycles. The third kappa shape index (κ3) is 6.83. The minimum absolute atomic E-state index is 0.121. The molecule has 0 unspecified atom stereocenters. The first-order valence-corrected chi connectivity index (χ1v) is 18.7. The molecule has 12 heteroatoms. The van der Waals surface area contributed by atoms with Crippen LogP contribution in [0.4, 0.5) is 0 Å². The summed E-state index contributed by atoms with van der Waals surface area (Å²) in [4.78, 5) is 53.0. The number of nitrogens with zero attached hydrogens (tertiary/aromatic N) is 2. The summed E-state index contributed by atoms with van der Waals surface area (Å²) in [5, 5.41) is 48.8. The van der Waals surface area contributed by atoms with E-state index in [9.17, 15) is 39.9 Å². The minimum Gasteiger partial charge on any atom is -0.478 e. The number of fused-ring (bicyclic) bond motifs is 8. The van der Waals surface area contributed by atoms with E-state index in [1.165, 1.54) is 36.4 Å². The molecule has 9 rings (SSSR count). The summed E-state index contributed by atoms with van der Waals surface area (Å²) in [6.45, 7) is 0. The Labute approximate surface area is 340 Å². The van der Waals surface area contributed by atoms with Crippen LogP contribution in [-0.4, -0.2) is 63.4 Å². The van der Waals surface area contributed by atoms with Crippen LogP contribution >= 0.6 is 0 Å². The average molecular weight is 793 g/mol. The highest BCUT2D eigenvalue weighted by molar-refractivity contribution is 6.01. The van der Waals surface area contributed by atoms with Gasteiger partial charge in [-0.1, -0.05) is 60.7 Å². The van der Waals surface area contributed by atoms with Crippen molar-refractivity contribution in [3.63, 3.8) is 0 Å². The maximum Gasteiger partial charge on any atom is 0.335 e.